The summed E-state index contributed by atoms with van der Waals surface area (Å²) in [5.41, 5.74) is 11.9. The molecule has 53 heavy (non-hydrogen) atoms. The fourth-order valence-corrected chi connectivity index (χ4v) is 8.40. The summed E-state index contributed by atoms with van der Waals surface area (Å²) in [5, 5.41) is 5.01. The van der Waals surface area contributed by atoms with Crippen LogP contribution in [0.1, 0.15) is 0 Å². The number of rotatable bonds is 6. The first-order chi connectivity index (χ1) is 26.2. The Morgan fingerprint density at radius 2 is 0.774 bits per heavy atom. The highest BCUT2D eigenvalue weighted by molar-refractivity contribution is 7.25. The lowest BCUT2D eigenvalue weighted by Gasteiger charge is -2.14. The summed E-state index contributed by atoms with van der Waals surface area (Å²) in [6.07, 6.45) is 0. The third kappa shape index (κ3) is 5.97. The first kappa shape index (κ1) is 31.1. The molecule has 8 aromatic carbocycles. The Morgan fingerprint density at radius 3 is 1.45 bits per heavy atom. The molecule has 0 saturated heterocycles. The minimum absolute atomic E-state index is 0.708. The van der Waals surface area contributed by atoms with Crippen molar-refractivity contribution in [3.05, 3.63) is 194 Å². The number of hydrogen-bond acceptors (Lipinski definition) is 3. The van der Waals surface area contributed by atoms with E-state index in [1.807, 2.05) is 35.6 Å². The van der Waals surface area contributed by atoms with Gasteiger partial charge in [-0.15, -0.1) is 11.3 Å². The molecule has 0 spiro atoms. The van der Waals surface area contributed by atoms with Gasteiger partial charge in [-0.05, 0) is 98.8 Å². The van der Waals surface area contributed by atoms with E-state index in [2.05, 4.69) is 170 Å². The monoisotopic (exact) mass is 692 g/mol. The zero-order valence-electron chi connectivity index (χ0n) is 28.8. The molecule has 10 aromatic rings. The molecule has 2 aromatic heterocycles. The van der Waals surface area contributed by atoms with Crippen molar-refractivity contribution in [2.75, 3.05) is 0 Å². The maximum Gasteiger partial charge on any atom is 0.160 e. The number of nitrogens with zero attached hydrogens (tertiary/aromatic N) is 2. The van der Waals surface area contributed by atoms with E-state index >= 15 is 0 Å². The highest BCUT2D eigenvalue weighted by atomic mass is 32.1. The maximum absolute atomic E-state index is 5.23. The van der Waals surface area contributed by atoms with Gasteiger partial charge in [-0.2, -0.15) is 0 Å². The molecule has 0 saturated carbocycles. The van der Waals surface area contributed by atoms with Crippen LogP contribution in [0.25, 0.3) is 98.2 Å². The molecule has 10 rings (SSSR count). The highest BCUT2D eigenvalue weighted by Crippen LogP contribution is 2.39. The number of thiophene rings is 1. The van der Waals surface area contributed by atoms with Gasteiger partial charge in [0, 0.05) is 36.9 Å². The molecule has 248 valence electrons. The molecule has 0 bridgehead atoms. The number of benzene rings is 8. The average molecular weight is 693 g/mol. The second-order valence-electron chi connectivity index (χ2n) is 13.4. The average Bonchev–Trinajstić information content (AvgIpc) is 3.62. The van der Waals surface area contributed by atoms with Crippen molar-refractivity contribution in [1.82, 2.24) is 9.97 Å². The molecular weight excluding hydrogens is 661 g/mol. The van der Waals surface area contributed by atoms with Crippen LogP contribution < -0.4 is 0 Å². The molecule has 0 N–H and O–H groups in total. The predicted octanol–water partition coefficient (Wildman–Crippen LogP) is 14.0. The van der Waals surface area contributed by atoms with E-state index in [1.165, 1.54) is 47.6 Å². The summed E-state index contributed by atoms with van der Waals surface area (Å²) >= 11 is 1.85. The molecular formula is C50H32N2S. The summed E-state index contributed by atoms with van der Waals surface area (Å²) in [6.45, 7) is 0. The molecule has 0 aliphatic rings. The lowest BCUT2D eigenvalue weighted by molar-refractivity contribution is 1.18. The summed E-state index contributed by atoms with van der Waals surface area (Å²) in [4.78, 5) is 10.3. The van der Waals surface area contributed by atoms with Crippen molar-refractivity contribution >= 4 is 42.3 Å². The van der Waals surface area contributed by atoms with Gasteiger partial charge in [-0.1, -0.05) is 140 Å². The minimum atomic E-state index is 0.708. The second kappa shape index (κ2) is 13.1. The number of hydrogen-bond donors (Lipinski definition) is 0. The first-order valence-electron chi connectivity index (χ1n) is 17.9. The van der Waals surface area contributed by atoms with Gasteiger partial charge in [-0.3, -0.25) is 0 Å². The van der Waals surface area contributed by atoms with Gasteiger partial charge in [-0.25, -0.2) is 9.97 Å². The molecule has 2 heterocycles. The highest BCUT2D eigenvalue weighted by Gasteiger charge is 2.15. The maximum atomic E-state index is 5.23. The molecule has 0 aliphatic heterocycles. The third-order valence-electron chi connectivity index (χ3n) is 10.0. The van der Waals surface area contributed by atoms with Crippen molar-refractivity contribution in [2.45, 2.75) is 0 Å². The summed E-state index contributed by atoms with van der Waals surface area (Å²) < 4.78 is 2.61. The molecule has 0 fully saturated rings. The SMILES string of the molecule is c1ccc(-c2ccc3cc(-c4cc(-c5ccc6sc7ccccc7c6c5)cc(-c5cc(-c6ccccc6)nc(-c6ccccc6)n5)c4)ccc3c2)cc1. The molecule has 3 heteroatoms. The summed E-state index contributed by atoms with van der Waals surface area (Å²) in [7, 11) is 0. The van der Waals surface area contributed by atoms with Crippen LogP contribution in [-0.4, -0.2) is 9.97 Å². The van der Waals surface area contributed by atoms with E-state index in [1.54, 1.807) is 0 Å². The van der Waals surface area contributed by atoms with Gasteiger partial charge in [0.05, 0.1) is 11.4 Å². The first-order valence-corrected chi connectivity index (χ1v) is 18.7. The molecule has 0 radical (unpaired) electrons. The van der Waals surface area contributed by atoms with Crippen LogP contribution in [0.2, 0.25) is 0 Å². The van der Waals surface area contributed by atoms with Crippen molar-refractivity contribution in [3.63, 3.8) is 0 Å². The van der Waals surface area contributed by atoms with Crippen LogP contribution in [0.3, 0.4) is 0 Å². The van der Waals surface area contributed by atoms with Gasteiger partial charge in [0.1, 0.15) is 0 Å². The lowest BCUT2D eigenvalue weighted by Crippen LogP contribution is -1.96. The van der Waals surface area contributed by atoms with E-state index in [-0.39, 0.29) is 0 Å². The van der Waals surface area contributed by atoms with Crippen LogP contribution in [0.15, 0.2) is 194 Å². The van der Waals surface area contributed by atoms with Crippen LogP contribution in [-0.2, 0) is 0 Å². The van der Waals surface area contributed by atoms with Crippen molar-refractivity contribution in [3.8, 4) is 67.3 Å². The quantitative estimate of drug-likeness (QED) is 0.173. The smallest absolute Gasteiger partial charge is 0.160 e. The summed E-state index contributed by atoms with van der Waals surface area (Å²) in [6, 6.07) is 69.4. The lowest BCUT2D eigenvalue weighted by atomic mass is 9.92. The van der Waals surface area contributed by atoms with Crippen molar-refractivity contribution in [1.29, 1.82) is 0 Å². The Bertz CT molecular complexity index is 2870. The number of fused-ring (bicyclic) bond motifs is 4. The van der Waals surface area contributed by atoms with Gasteiger partial charge >= 0.3 is 0 Å². The number of aromatic nitrogens is 2. The standard InChI is InChI=1S/C50H32N2S/c1-4-12-33(13-5-1)36-20-21-38-27-39(23-22-37(38)26-36)41-28-42(40-24-25-49-45(31-40)44-18-10-11-19-48(44)53-49)30-43(29-41)47-32-46(34-14-6-2-7-15-34)51-50(52-47)35-16-8-3-9-17-35/h1-32H. The normalized spacial score (nSPS) is 11.4. The fraction of sp³-hybridized carbons (Fsp3) is 0. The molecule has 0 atom stereocenters. The van der Waals surface area contributed by atoms with E-state index < -0.39 is 0 Å². The van der Waals surface area contributed by atoms with E-state index in [0.29, 0.717) is 5.82 Å². The van der Waals surface area contributed by atoms with Gasteiger partial charge < -0.3 is 0 Å². The van der Waals surface area contributed by atoms with Gasteiger partial charge in [0.2, 0.25) is 0 Å². The second-order valence-corrected chi connectivity index (χ2v) is 14.5. The largest absolute Gasteiger partial charge is 0.228 e. The van der Waals surface area contributed by atoms with Crippen molar-refractivity contribution in [2.24, 2.45) is 0 Å². The fourth-order valence-electron chi connectivity index (χ4n) is 7.32. The Balaban J connectivity index is 1.17. The zero-order chi connectivity index (χ0) is 35.1. The Morgan fingerprint density at radius 1 is 0.283 bits per heavy atom. The van der Waals surface area contributed by atoms with Crippen LogP contribution >= 0.6 is 11.3 Å². The van der Waals surface area contributed by atoms with Crippen LogP contribution in [0.5, 0.6) is 0 Å². The topological polar surface area (TPSA) is 25.8 Å². The van der Waals surface area contributed by atoms with Gasteiger partial charge in [0.25, 0.3) is 0 Å². The minimum Gasteiger partial charge on any atom is -0.228 e. The zero-order valence-corrected chi connectivity index (χ0v) is 29.6. The Hall–Kier alpha value is -6.68. The molecule has 0 aliphatic carbocycles. The van der Waals surface area contributed by atoms with E-state index in [9.17, 15) is 0 Å². The molecule has 2 nitrogen and oxygen atoms in total. The Labute approximate surface area is 312 Å². The third-order valence-corrected chi connectivity index (χ3v) is 11.2. The van der Waals surface area contributed by atoms with Crippen LogP contribution in [0.4, 0.5) is 0 Å². The van der Waals surface area contributed by atoms with Crippen molar-refractivity contribution < 1.29 is 0 Å². The van der Waals surface area contributed by atoms with Crippen LogP contribution in [0, 0.1) is 0 Å². The molecule has 0 unspecified atom stereocenters. The van der Waals surface area contributed by atoms with E-state index in [0.717, 1.165) is 44.8 Å². The predicted molar refractivity (Wildman–Crippen MR) is 225 cm³/mol. The van der Waals surface area contributed by atoms with Gasteiger partial charge in [0.15, 0.2) is 5.82 Å². The molecule has 0 amide bonds. The Kier molecular flexibility index (Phi) is 7.71. The summed E-state index contributed by atoms with van der Waals surface area (Å²) in [5.74, 6) is 0.708. The van der Waals surface area contributed by atoms with E-state index in [4.69, 9.17) is 9.97 Å².